The minimum Gasteiger partial charge on any atom is -0.744 e. The van der Waals surface area contributed by atoms with Crippen LogP contribution in [-0.2, 0) is 16.5 Å². The number of benzene rings is 1. The molecule has 24 heavy (non-hydrogen) atoms. The van der Waals surface area contributed by atoms with Crippen molar-refractivity contribution in [2.24, 2.45) is 0 Å². The molecular formula is C19H31LiO3S. The fourth-order valence-electron chi connectivity index (χ4n) is 2.82. The van der Waals surface area contributed by atoms with Crippen molar-refractivity contribution in [2.75, 3.05) is 0 Å². The zero-order valence-electron chi connectivity index (χ0n) is 15.4. The number of unbranched alkanes of at least 4 members (excludes halogenated alkanes) is 10. The standard InChI is InChI=1S/C19H32O3S.Li/c1-2-3-4-5-6-7-8-9-10-11-12-13-18-14-16-19(17-15-18)23(20,21)22;/h14-17H,2-13H2,1H3,(H,20,21,22);/q;+1/p-1. The summed E-state index contributed by atoms with van der Waals surface area (Å²) in [6.07, 6.45) is 15.5. The number of hydrogen-bond donors (Lipinski definition) is 0. The maximum absolute atomic E-state index is 10.8. The average molecular weight is 346 g/mol. The summed E-state index contributed by atoms with van der Waals surface area (Å²) in [4.78, 5) is -0.139. The van der Waals surface area contributed by atoms with E-state index in [4.69, 9.17) is 0 Å². The molecule has 0 heterocycles. The van der Waals surface area contributed by atoms with Crippen molar-refractivity contribution in [1.82, 2.24) is 0 Å². The molecule has 0 aliphatic heterocycles. The van der Waals surface area contributed by atoms with E-state index in [-0.39, 0.29) is 23.8 Å². The Kier molecular flexibility index (Phi) is 13.8. The summed E-state index contributed by atoms with van der Waals surface area (Å²) >= 11 is 0. The van der Waals surface area contributed by atoms with Gasteiger partial charge in [0.1, 0.15) is 10.1 Å². The van der Waals surface area contributed by atoms with E-state index in [9.17, 15) is 13.0 Å². The maximum Gasteiger partial charge on any atom is 1.00 e. The third kappa shape index (κ3) is 11.3. The van der Waals surface area contributed by atoms with Crippen LogP contribution in [0.5, 0.6) is 0 Å². The van der Waals surface area contributed by atoms with Crippen molar-refractivity contribution >= 4 is 10.1 Å². The molecule has 0 spiro atoms. The molecule has 1 aromatic rings. The van der Waals surface area contributed by atoms with Crippen LogP contribution in [0.15, 0.2) is 29.2 Å². The van der Waals surface area contributed by atoms with E-state index >= 15 is 0 Å². The first-order chi connectivity index (χ1) is 11.0. The van der Waals surface area contributed by atoms with Crippen LogP contribution >= 0.6 is 0 Å². The largest absolute Gasteiger partial charge is 1.00 e. The fraction of sp³-hybridized carbons (Fsp3) is 0.684. The molecule has 1 aromatic carbocycles. The first-order valence-corrected chi connectivity index (χ1v) is 10.5. The van der Waals surface area contributed by atoms with Gasteiger partial charge in [-0.25, -0.2) is 8.42 Å². The van der Waals surface area contributed by atoms with E-state index in [0.29, 0.717) is 0 Å². The molecule has 0 saturated carbocycles. The van der Waals surface area contributed by atoms with Crippen molar-refractivity contribution in [3.63, 3.8) is 0 Å². The van der Waals surface area contributed by atoms with Gasteiger partial charge in [-0.2, -0.15) is 0 Å². The molecule has 0 aliphatic rings. The molecule has 1 rings (SSSR count). The molecule has 0 saturated heterocycles. The van der Waals surface area contributed by atoms with Gasteiger partial charge in [-0.3, -0.25) is 0 Å². The van der Waals surface area contributed by atoms with E-state index in [1.807, 2.05) is 0 Å². The first kappa shape index (κ1) is 23.7. The molecule has 0 N–H and O–H groups in total. The molecule has 0 atom stereocenters. The molecule has 5 heteroatoms. The Morgan fingerprint density at radius 1 is 0.750 bits per heavy atom. The molecule has 0 bridgehead atoms. The van der Waals surface area contributed by atoms with Gasteiger partial charge >= 0.3 is 18.9 Å². The van der Waals surface area contributed by atoms with Gasteiger partial charge in [0, 0.05) is 0 Å². The molecule has 0 aliphatic carbocycles. The smallest absolute Gasteiger partial charge is 0.744 e. The van der Waals surface area contributed by atoms with Crippen molar-refractivity contribution in [3.05, 3.63) is 29.8 Å². The Labute approximate surface area is 160 Å². The monoisotopic (exact) mass is 346 g/mol. The van der Waals surface area contributed by atoms with Gasteiger partial charge in [-0.1, -0.05) is 83.3 Å². The first-order valence-electron chi connectivity index (χ1n) is 9.09. The Morgan fingerprint density at radius 2 is 1.17 bits per heavy atom. The molecular weight excluding hydrogens is 315 g/mol. The van der Waals surface area contributed by atoms with Crippen LogP contribution < -0.4 is 18.9 Å². The molecule has 132 valence electrons. The summed E-state index contributed by atoms with van der Waals surface area (Å²) in [5, 5.41) is 0. The van der Waals surface area contributed by atoms with Gasteiger partial charge in [-0.15, -0.1) is 0 Å². The Balaban J connectivity index is 0.00000529. The van der Waals surface area contributed by atoms with Crippen molar-refractivity contribution in [1.29, 1.82) is 0 Å². The van der Waals surface area contributed by atoms with Gasteiger partial charge in [0.25, 0.3) is 0 Å². The van der Waals surface area contributed by atoms with Crippen molar-refractivity contribution in [3.8, 4) is 0 Å². The summed E-state index contributed by atoms with van der Waals surface area (Å²) in [6.45, 7) is 2.25. The minimum absolute atomic E-state index is 0. The zero-order chi connectivity index (χ0) is 17.0. The summed E-state index contributed by atoms with van der Waals surface area (Å²) in [7, 11) is -4.32. The van der Waals surface area contributed by atoms with Crippen LogP contribution in [0.2, 0.25) is 0 Å². The van der Waals surface area contributed by atoms with E-state index in [1.54, 1.807) is 12.1 Å². The normalized spacial score (nSPS) is 11.2. The van der Waals surface area contributed by atoms with Gasteiger partial charge in [0.2, 0.25) is 0 Å². The average Bonchev–Trinajstić information content (AvgIpc) is 2.52. The van der Waals surface area contributed by atoms with Crippen molar-refractivity contribution in [2.45, 2.75) is 88.9 Å². The minimum atomic E-state index is -4.32. The summed E-state index contributed by atoms with van der Waals surface area (Å²) < 4.78 is 32.5. The predicted octanol–water partition coefficient (Wildman–Crippen LogP) is 2.45. The fourth-order valence-corrected chi connectivity index (χ4v) is 3.29. The summed E-state index contributed by atoms with van der Waals surface area (Å²) in [6, 6.07) is 6.33. The van der Waals surface area contributed by atoms with Gasteiger partial charge in [0.15, 0.2) is 0 Å². The summed E-state index contributed by atoms with van der Waals surface area (Å²) in [5.74, 6) is 0. The third-order valence-electron chi connectivity index (χ3n) is 4.28. The number of hydrogen-bond acceptors (Lipinski definition) is 3. The van der Waals surface area contributed by atoms with E-state index < -0.39 is 10.1 Å². The third-order valence-corrected chi connectivity index (χ3v) is 5.13. The second-order valence-electron chi connectivity index (χ2n) is 6.38. The summed E-state index contributed by atoms with van der Waals surface area (Å²) in [5.41, 5.74) is 1.10. The van der Waals surface area contributed by atoms with E-state index in [0.717, 1.165) is 18.4 Å². The predicted molar refractivity (Wildman–Crippen MR) is 94.6 cm³/mol. The quantitative estimate of drug-likeness (QED) is 0.313. The molecule has 0 radical (unpaired) electrons. The van der Waals surface area contributed by atoms with Gasteiger partial charge in [0.05, 0.1) is 4.90 Å². The van der Waals surface area contributed by atoms with Crippen LogP contribution in [0.4, 0.5) is 0 Å². The second-order valence-corrected chi connectivity index (χ2v) is 7.76. The Bertz CT molecular complexity index is 512. The van der Waals surface area contributed by atoms with Crippen LogP contribution in [-0.4, -0.2) is 13.0 Å². The molecule has 0 amide bonds. The van der Waals surface area contributed by atoms with E-state index in [2.05, 4.69) is 6.92 Å². The van der Waals surface area contributed by atoms with E-state index in [1.165, 1.54) is 76.3 Å². The molecule has 3 nitrogen and oxygen atoms in total. The number of aryl methyl sites for hydroxylation is 1. The van der Waals surface area contributed by atoms with Crippen LogP contribution in [0.3, 0.4) is 0 Å². The molecule has 0 aromatic heterocycles. The Hall–Kier alpha value is -0.273. The van der Waals surface area contributed by atoms with Crippen molar-refractivity contribution < 1.29 is 31.8 Å². The van der Waals surface area contributed by atoms with Gasteiger partial charge in [-0.05, 0) is 30.5 Å². The number of rotatable bonds is 13. The SMILES string of the molecule is CCCCCCCCCCCCCc1ccc(S(=O)(=O)[O-])cc1.[Li+]. The van der Waals surface area contributed by atoms with Gasteiger partial charge < -0.3 is 4.55 Å². The van der Waals surface area contributed by atoms with Crippen LogP contribution in [0.25, 0.3) is 0 Å². The van der Waals surface area contributed by atoms with Crippen LogP contribution in [0, 0.1) is 0 Å². The Morgan fingerprint density at radius 3 is 1.58 bits per heavy atom. The zero-order valence-corrected chi connectivity index (χ0v) is 16.2. The second kappa shape index (κ2) is 14.0. The van der Waals surface area contributed by atoms with Crippen LogP contribution in [0.1, 0.15) is 83.1 Å². The maximum atomic E-state index is 10.8. The topological polar surface area (TPSA) is 57.2 Å². The molecule has 0 unspecified atom stereocenters. The molecule has 0 fully saturated rings.